The number of hydrogen-bond donors (Lipinski definition) is 3. The van der Waals surface area contributed by atoms with Gasteiger partial charge in [-0.05, 0) is 76.1 Å². The van der Waals surface area contributed by atoms with E-state index in [0.29, 0.717) is 23.4 Å². The van der Waals surface area contributed by atoms with Gasteiger partial charge in [-0.25, -0.2) is 21.6 Å². The number of nitrogens with one attached hydrogen (secondary N) is 3. The third kappa shape index (κ3) is 7.05. The van der Waals surface area contributed by atoms with Crippen molar-refractivity contribution in [2.45, 2.75) is 51.5 Å². The fourth-order valence-electron chi connectivity index (χ4n) is 2.81. The minimum atomic E-state index is -3.70. The zero-order valence-corrected chi connectivity index (χ0v) is 19.9. The highest BCUT2D eigenvalue weighted by Crippen LogP contribution is 2.25. The highest BCUT2D eigenvalue weighted by Gasteiger charge is 2.22. The van der Waals surface area contributed by atoms with Crippen LogP contribution in [-0.2, 0) is 20.0 Å². The Morgan fingerprint density at radius 2 is 1.52 bits per heavy atom. The van der Waals surface area contributed by atoms with Gasteiger partial charge in [-0.15, -0.1) is 0 Å². The van der Waals surface area contributed by atoms with E-state index in [1.807, 2.05) is 0 Å². The van der Waals surface area contributed by atoms with Gasteiger partial charge in [-0.1, -0.05) is 13.0 Å². The van der Waals surface area contributed by atoms with E-state index in [2.05, 4.69) is 14.8 Å². The Morgan fingerprint density at radius 1 is 0.935 bits per heavy atom. The van der Waals surface area contributed by atoms with Crippen LogP contribution in [-0.4, -0.2) is 34.0 Å². The lowest BCUT2D eigenvalue weighted by Gasteiger charge is -2.20. The highest BCUT2D eigenvalue weighted by atomic mass is 32.2. The van der Waals surface area contributed by atoms with E-state index < -0.39 is 31.5 Å². The number of benzene rings is 2. The molecule has 8 nitrogen and oxygen atoms in total. The molecule has 0 bridgehead atoms. The Kier molecular flexibility index (Phi) is 7.51. The van der Waals surface area contributed by atoms with Gasteiger partial charge in [0.15, 0.2) is 0 Å². The van der Waals surface area contributed by atoms with Crippen LogP contribution in [0.15, 0.2) is 47.4 Å². The maximum atomic E-state index is 12.6. The van der Waals surface area contributed by atoms with Crippen LogP contribution in [0.5, 0.6) is 0 Å². The van der Waals surface area contributed by atoms with Crippen LogP contribution >= 0.6 is 0 Å². The summed E-state index contributed by atoms with van der Waals surface area (Å²) in [5.41, 5.74) is 1.06. The van der Waals surface area contributed by atoms with Crippen molar-refractivity contribution < 1.29 is 21.6 Å². The number of anilines is 2. The van der Waals surface area contributed by atoms with Crippen molar-refractivity contribution in [2.24, 2.45) is 0 Å². The fourth-order valence-corrected chi connectivity index (χ4v) is 5.43. The number of carbonyl (C=O) groups excluding carboxylic acids is 1. The first-order chi connectivity index (χ1) is 14.2. The van der Waals surface area contributed by atoms with Gasteiger partial charge in [0.2, 0.25) is 20.0 Å². The molecule has 2 aromatic rings. The van der Waals surface area contributed by atoms with Crippen molar-refractivity contribution in [1.29, 1.82) is 0 Å². The van der Waals surface area contributed by atoms with Crippen molar-refractivity contribution in [1.82, 2.24) is 4.72 Å². The molecule has 0 heterocycles. The second-order valence-corrected chi connectivity index (χ2v) is 11.8. The largest absolute Gasteiger partial charge is 0.322 e. The van der Waals surface area contributed by atoms with Crippen LogP contribution in [0.2, 0.25) is 0 Å². The number of sulfonamides is 2. The van der Waals surface area contributed by atoms with Gasteiger partial charge in [0.1, 0.15) is 0 Å². The lowest BCUT2D eigenvalue weighted by molar-refractivity contribution is 0.102. The van der Waals surface area contributed by atoms with Crippen molar-refractivity contribution in [3.05, 3.63) is 53.6 Å². The molecule has 0 fully saturated rings. The summed E-state index contributed by atoms with van der Waals surface area (Å²) in [5.74, 6) is -0.438. The minimum absolute atomic E-state index is 0.00234. The van der Waals surface area contributed by atoms with Crippen molar-refractivity contribution in [3.8, 4) is 0 Å². The van der Waals surface area contributed by atoms with Gasteiger partial charge in [0.25, 0.3) is 5.91 Å². The summed E-state index contributed by atoms with van der Waals surface area (Å²) >= 11 is 0. The average molecular weight is 468 g/mol. The zero-order chi connectivity index (χ0) is 23.4. The predicted octanol–water partition coefficient (Wildman–Crippen LogP) is 3.48. The van der Waals surface area contributed by atoms with Crippen LogP contribution in [0.25, 0.3) is 0 Å². The molecule has 2 aromatic carbocycles. The van der Waals surface area contributed by atoms with E-state index in [1.54, 1.807) is 52.8 Å². The smallest absolute Gasteiger partial charge is 0.255 e. The quantitative estimate of drug-likeness (QED) is 0.549. The Hall–Kier alpha value is -2.43. The Labute approximate surface area is 184 Å². The average Bonchev–Trinajstić information content (AvgIpc) is 2.63. The van der Waals surface area contributed by atoms with Crippen LogP contribution in [0.4, 0.5) is 11.4 Å². The number of carbonyl (C=O) groups is 1. The van der Waals surface area contributed by atoms with Gasteiger partial charge < -0.3 is 5.32 Å². The molecule has 0 unspecified atom stereocenters. The first-order valence-corrected chi connectivity index (χ1v) is 12.9. The summed E-state index contributed by atoms with van der Waals surface area (Å²) in [6, 6.07) is 10.5. The SMILES string of the molecule is CCCS(=O)(=O)Nc1cccc(NC(=O)c2ccc(S(=O)(=O)NC(C)(C)C)cc2)c1C. The zero-order valence-electron chi connectivity index (χ0n) is 18.3. The molecule has 0 aliphatic heterocycles. The third-order valence-corrected chi connectivity index (χ3v) is 7.44. The topological polar surface area (TPSA) is 121 Å². The molecule has 2 rings (SSSR count). The van der Waals surface area contributed by atoms with Crippen LogP contribution < -0.4 is 14.8 Å². The molecule has 0 aromatic heterocycles. The Morgan fingerprint density at radius 3 is 2.06 bits per heavy atom. The highest BCUT2D eigenvalue weighted by molar-refractivity contribution is 7.92. The first-order valence-electron chi connectivity index (χ1n) is 9.79. The second-order valence-electron chi connectivity index (χ2n) is 8.23. The number of amides is 1. The summed E-state index contributed by atoms with van der Waals surface area (Å²) < 4.78 is 54.0. The van der Waals surface area contributed by atoms with Crippen LogP contribution in [0.3, 0.4) is 0 Å². The summed E-state index contributed by atoms with van der Waals surface area (Å²) in [7, 11) is -7.16. The molecular weight excluding hydrogens is 438 g/mol. The number of rotatable bonds is 8. The van der Waals surface area contributed by atoms with E-state index >= 15 is 0 Å². The van der Waals surface area contributed by atoms with Gasteiger partial charge in [-0.3, -0.25) is 9.52 Å². The van der Waals surface area contributed by atoms with Crippen LogP contribution in [0, 0.1) is 6.92 Å². The fraction of sp³-hybridized carbons (Fsp3) is 0.381. The molecule has 1 amide bonds. The molecule has 0 saturated carbocycles. The Bertz CT molecular complexity index is 1150. The normalized spacial score (nSPS) is 12.4. The van der Waals surface area contributed by atoms with Gasteiger partial charge in [0, 0.05) is 16.8 Å². The van der Waals surface area contributed by atoms with E-state index in [-0.39, 0.29) is 16.2 Å². The lowest BCUT2D eigenvalue weighted by atomic mass is 10.1. The predicted molar refractivity (Wildman–Crippen MR) is 123 cm³/mol. The van der Waals surface area contributed by atoms with E-state index in [9.17, 15) is 21.6 Å². The van der Waals surface area contributed by atoms with E-state index in [1.165, 1.54) is 24.3 Å². The van der Waals surface area contributed by atoms with Crippen molar-refractivity contribution in [2.75, 3.05) is 15.8 Å². The molecule has 0 spiro atoms. The molecule has 0 aliphatic carbocycles. The molecule has 3 N–H and O–H groups in total. The third-order valence-electron chi connectivity index (χ3n) is 4.19. The summed E-state index contributed by atoms with van der Waals surface area (Å²) in [5, 5.41) is 2.74. The maximum Gasteiger partial charge on any atom is 0.255 e. The summed E-state index contributed by atoms with van der Waals surface area (Å²) in [6.07, 6.45) is 0.488. The molecule has 0 aliphatic rings. The lowest BCUT2D eigenvalue weighted by Crippen LogP contribution is -2.40. The monoisotopic (exact) mass is 467 g/mol. The molecule has 0 saturated heterocycles. The summed E-state index contributed by atoms with van der Waals surface area (Å²) in [4.78, 5) is 12.7. The molecule has 0 atom stereocenters. The van der Waals surface area contributed by atoms with Crippen molar-refractivity contribution >= 4 is 37.3 Å². The maximum absolute atomic E-state index is 12.6. The standard InChI is InChI=1S/C21H29N3O5S2/c1-6-14-30(26,27)23-19-9-7-8-18(15(19)2)22-20(25)16-10-12-17(13-11-16)31(28,29)24-21(3,4)5/h7-13,23-24H,6,14H2,1-5H3,(H,22,25). The molecular formula is C21H29N3O5S2. The molecule has 170 valence electrons. The van der Waals surface area contributed by atoms with Gasteiger partial charge >= 0.3 is 0 Å². The second kappa shape index (κ2) is 9.37. The van der Waals surface area contributed by atoms with E-state index in [4.69, 9.17) is 0 Å². The van der Waals surface area contributed by atoms with E-state index in [0.717, 1.165) is 0 Å². The molecule has 10 heteroatoms. The van der Waals surface area contributed by atoms with Gasteiger partial charge in [-0.2, -0.15) is 0 Å². The minimum Gasteiger partial charge on any atom is -0.322 e. The molecule has 0 radical (unpaired) electrons. The summed E-state index contributed by atoms with van der Waals surface area (Å²) in [6.45, 7) is 8.70. The number of hydrogen-bond acceptors (Lipinski definition) is 5. The van der Waals surface area contributed by atoms with Crippen LogP contribution in [0.1, 0.15) is 50.0 Å². The Balaban J connectivity index is 2.20. The molecule has 31 heavy (non-hydrogen) atoms. The first kappa shape index (κ1) is 24.8. The van der Waals surface area contributed by atoms with Crippen molar-refractivity contribution in [3.63, 3.8) is 0 Å². The van der Waals surface area contributed by atoms with Gasteiger partial charge in [0.05, 0.1) is 16.3 Å².